The first-order valence-corrected chi connectivity index (χ1v) is 13.5. The molecular weight excluding hydrogens is 448 g/mol. The molecule has 0 aliphatic heterocycles. The predicted molar refractivity (Wildman–Crippen MR) is 128 cm³/mol. The number of thioether (sulfide) groups is 1. The van der Waals surface area contributed by atoms with Crippen molar-refractivity contribution in [2.24, 2.45) is 0 Å². The molecule has 0 bridgehead atoms. The van der Waals surface area contributed by atoms with Gasteiger partial charge in [-0.15, -0.1) is 31.7 Å². The van der Waals surface area contributed by atoms with E-state index in [0.717, 1.165) is 28.1 Å². The largest absolute Gasteiger partial charge is 0.302 e. The Hall–Kier alpha value is -1.78. The molecule has 0 saturated heterocycles. The summed E-state index contributed by atoms with van der Waals surface area (Å²) in [5.74, 6) is 2.02. The summed E-state index contributed by atoms with van der Waals surface area (Å²) in [6, 6.07) is 2.19. The molecule has 3 aromatic heterocycles. The standard InChI is InChI=1S/C21H28N6OS3/c1-4-27-18(15-10-16(13(2)3)29-11-15)23-26-21(27)30-12-17(28)22-20-25-24-19(31-20)14-8-6-5-7-9-14/h10-11,13-14H,4-9,12H2,1-3H3,(H,22,25,28). The lowest BCUT2D eigenvalue weighted by Gasteiger charge is -2.18. The third-order valence-electron chi connectivity index (χ3n) is 5.45. The molecule has 0 atom stereocenters. The number of anilines is 1. The molecule has 3 heterocycles. The van der Waals surface area contributed by atoms with Gasteiger partial charge in [-0.1, -0.05) is 56.2 Å². The van der Waals surface area contributed by atoms with Crippen LogP contribution in [0.1, 0.15) is 74.6 Å². The third-order valence-corrected chi connectivity index (χ3v) is 8.65. The van der Waals surface area contributed by atoms with Crippen molar-refractivity contribution in [3.05, 3.63) is 21.3 Å². The second-order valence-corrected chi connectivity index (χ2v) is 11.0. The molecule has 0 spiro atoms. The van der Waals surface area contributed by atoms with Gasteiger partial charge in [0.1, 0.15) is 5.01 Å². The van der Waals surface area contributed by atoms with E-state index >= 15 is 0 Å². The van der Waals surface area contributed by atoms with Crippen LogP contribution in [-0.2, 0) is 11.3 Å². The summed E-state index contributed by atoms with van der Waals surface area (Å²) in [7, 11) is 0. The monoisotopic (exact) mass is 476 g/mol. The van der Waals surface area contributed by atoms with Crippen molar-refractivity contribution in [1.82, 2.24) is 25.0 Å². The molecule has 1 aliphatic rings. The summed E-state index contributed by atoms with van der Waals surface area (Å²) in [6.45, 7) is 7.20. The topological polar surface area (TPSA) is 85.6 Å². The van der Waals surface area contributed by atoms with Gasteiger partial charge in [0, 0.05) is 28.3 Å². The van der Waals surface area contributed by atoms with E-state index in [1.807, 2.05) is 0 Å². The first kappa shape index (κ1) is 22.4. The summed E-state index contributed by atoms with van der Waals surface area (Å²) in [5.41, 5.74) is 1.09. The maximum atomic E-state index is 12.5. The third kappa shape index (κ3) is 5.35. The number of hydrogen-bond acceptors (Lipinski definition) is 8. The summed E-state index contributed by atoms with van der Waals surface area (Å²) in [4.78, 5) is 13.8. The number of hydrogen-bond donors (Lipinski definition) is 1. The number of nitrogens with one attached hydrogen (secondary N) is 1. The molecule has 4 rings (SSSR count). The van der Waals surface area contributed by atoms with Gasteiger partial charge >= 0.3 is 0 Å². The predicted octanol–water partition coefficient (Wildman–Crippen LogP) is 5.78. The van der Waals surface area contributed by atoms with Crippen LogP contribution in [0.5, 0.6) is 0 Å². The van der Waals surface area contributed by atoms with Gasteiger partial charge in [-0.25, -0.2) is 0 Å². The van der Waals surface area contributed by atoms with Crippen molar-refractivity contribution in [3.8, 4) is 11.4 Å². The maximum Gasteiger partial charge on any atom is 0.236 e. The van der Waals surface area contributed by atoms with Crippen LogP contribution in [0.3, 0.4) is 0 Å². The Morgan fingerprint density at radius 1 is 1.23 bits per heavy atom. The van der Waals surface area contributed by atoms with E-state index in [2.05, 4.69) is 62.5 Å². The fraction of sp³-hybridized carbons (Fsp3) is 0.571. The Bertz CT molecular complexity index is 1020. The minimum Gasteiger partial charge on any atom is -0.302 e. The van der Waals surface area contributed by atoms with Crippen molar-refractivity contribution in [2.45, 2.75) is 76.4 Å². The SMILES string of the molecule is CCn1c(SCC(=O)Nc2nnc(C3CCCCC3)s2)nnc1-c1csc(C(C)C)c1. The van der Waals surface area contributed by atoms with E-state index in [9.17, 15) is 4.79 Å². The molecule has 3 aromatic rings. The van der Waals surface area contributed by atoms with Crippen LogP contribution in [0, 0.1) is 0 Å². The van der Waals surface area contributed by atoms with Gasteiger partial charge < -0.3 is 4.57 Å². The summed E-state index contributed by atoms with van der Waals surface area (Å²) < 4.78 is 2.07. The lowest BCUT2D eigenvalue weighted by atomic mass is 9.90. The van der Waals surface area contributed by atoms with Crippen LogP contribution in [0.2, 0.25) is 0 Å². The lowest BCUT2D eigenvalue weighted by Crippen LogP contribution is -2.14. The molecule has 1 aliphatic carbocycles. The molecule has 0 aromatic carbocycles. The van der Waals surface area contributed by atoms with Crippen molar-refractivity contribution in [2.75, 3.05) is 11.1 Å². The Labute approximate surface area is 195 Å². The Kier molecular flexibility index (Phi) is 7.39. The quantitative estimate of drug-likeness (QED) is 0.415. The fourth-order valence-electron chi connectivity index (χ4n) is 3.75. The first-order chi connectivity index (χ1) is 15.0. The highest BCUT2D eigenvalue weighted by Crippen LogP contribution is 2.35. The Balaban J connectivity index is 1.36. The molecule has 1 amide bonds. The lowest BCUT2D eigenvalue weighted by molar-refractivity contribution is -0.113. The van der Waals surface area contributed by atoms with E-state index in [-0.39, 0.29) is 11.7 Å². The van der Waals surface area contributed by atoms with E-state index in [1.54, 1.807) is 11.3 Å². The molecule has 7 nitrogen and oxygen atoms in total. The zero-order chi connectivity index (χ0) is 21.8. The molecular formula is C21H28N6OS3. The average molecular weight is 477 g/mol. The molecule has 166 valence electrons. The molecule has 1 N–H and O–H groups in total. The fourth-order valence-corrected chi connectivity index (χ4v) is 6.39. The number of carbonyl (C=O) groups excluding carboxylic acids is 1. The zero-order valence-corrected chi connectivity index (χ0v) is 20.6. The van der Waals surface area contributed by atoms with Crippen molar-refractivity contribution < 1.29 is 4.79 Å². The van der Waals surface area contributed by atoms with Crippen LogP contribution in [0.15, 0.2) is 16.6 Å². The first-order valence-electron chi connectivity index (χ1n) is 10.8. The normalized spacial score (nSPS) is 15.0. The van der Waals surface area contributed by atoms with Crippen molar-refractivity contribution in [1.29, 1.82) is 0 Å². The highest BCUT2D eigenvalue weighted by atomic mass is 32.2. The number of carbonyl (C=O) groups is 1. The van der Waals surface area contributed by atoms with Crippen molar-refractivity contribution >= 4 is 45.5 Å². The Morgan fingerprint density at radius 3 is 2.74 bits per heavy atom. The van der Waals surface area contributed by atoms with Gasteiger partial charge in [0.25, 0.3) is 0 Å². The number of amides is 1. The van der Waals surface area contributed by atoms with Gasteiger partial charge in [0.15, 0.2) is 11.0 Å². The van der Waals surface area contributed by atoms with Gasteiger partial charge in [0.2, 0.25) is 11.0 Å². The van der Waals surface area contributed by atoms with E-state index in [0.29, 0.717) is 17.0 Å². The summed E-state index contributed by atoms with van der Waals surface area (Å²) in [5, 5.41) is 24.6. The summed E-state index contributed by atoms with van der Waals surface area (Å²) in [6.07, 6.45) is 6.18. The van der Waals surface area contributed by atoms with Gasteiger partial charge in [-0.2, -0.15) is 0 Å². The van der Waals surface area contributed by atoms with Crippen LogP contribution >= 0.6 is 34.4 Å². The van der Waals surface area contributed by atoms with Crippen LogP contribution in [-0.4, -0.2) is 36.6 Å². The molecule has 1 fully saturated rings. The minimum absolute atomic E-state index is 0.0961. The van der Waals surface area contributed by atoms with Crippen LogP contribution in [0.4, 0.5) is 5.13 Å². The van der Waals surface area contributed by atoms with Gasteiger partial charge in [-0.3, -0.25) is 10.1 Å². The van der Waals surface area contributed by atoms with E-state index in [4.69, 9.17) is 0 Å². The molecule has 31 heavy (non-hydrogen) atoms. The van der Waals surface area contributed by atoms with E-state index < -0.39 is 0 Å². The highest BCUT2D eigenvalue weighted by molar-refractivity contribution is 7.99. The number of aromatic nitrogens is 5. The van der Waals surface area contributed by atoms with Gasteiger partial charge in [0.05, 0.1) is 5.75 Å². The zero-order valence-electron chi connectivity index (χ0n) is 18.1. The van der Waals surface area contributed by atoms with Gasteiger partial charge in [-0.05, 0) is 31.7 Å². The van der Waals surface area contributed by atoms with Crippen LogP contribution in [0.25, 0.3) is 11.4 Å². The number of nitrogens with zero attached hydrogens (tertiary/aromatic N) is 5. The van der Waals surface area contributed by atoms with E-state index in [1.165, 1.54) is 60.1 Å². The second-order valence-electron chi connectivity index (χ2n) is 8.06. The van der Waals surface area contributed by atoms with Crippen LogP contribution < -0.4 is 5.32 Å². The molecule has 0 radical (unpaired) electrons. The maximum absolute atomic E-state index is 12.5. The average Bonchev–Trinajstić information content (AvgIpc) is 3.51. The smallest absolute Gasteiger partial charge is 0.236 e. The number of thiophene rings is 1. The van der Waals surface area contributed by atoms with Crippen molar-refractivity contribution in [3.63, 3.8) is 0 Å². The molecule has 10 heteroatoms. The second kappa shape index (κ2) is 10.2. The minimum atomic E-state index is -0.0961. The highest BCUT2D eigenvalue weighted by Gasteiger charge is 2.21. The summed E-state index contributed by atoms with van der Waals surface area (Å²) >= 11 is 4.66. The molecule has 0 unspecified atom stereocenters. The molecule has 1 saturated carbocycles. The Morgan fingerprint density at radius 2 is 2.03 bits per heavy atom. The number of rotatable bonds is 8.